The van der Waals surface area contributed by atoms with Gasteiger partial charge in [-0.1, -0.05) is 6.92 Å². The Morgan fingerprint density at radius 3 is 2.81 bits per heavy atom. The van der Waals surface area contributed by atoms with Gasteiger partial charge in [-0.15, -0.1) is 0 Å². The summed E-state index contributed by atoms with van der Waals surface area (Å²) in [5.74, 6) is 1.01. The van der Waals surface area contributed by atoms with Crippen molar-refractivity contribution in [2.24, 2.45) is 0 Å². The Labute approximate surface area is 112 Å². The second-order valence-corrected chi connectivity index (χ2v) is 5.18. The van der Waals surface area contributed by atoms with Crippen LogP contribution in [0.25, 0.3) is 0 Å². The highest BCUT2D eigenvalue weighted by Crippen LogP contribution is 2.09. The number of hydrogen-bond donors (Lipinski definition) is 1. The van der Waals surface area contributed by atoms with Crippen LogP contribution in [0.1, 0.15) is 26.0 Å². The van der Waals surface area contributed by atoms with Crippen LogP contribution in [-0.2, 0) is 6.54 Å². The van der Waals surface area contributed by atoms with Gasteiger partial charge in [0, 0.05) is 19.1 Å². The van der Waals surface area contributed by atoms with Gasteiger partial charge in [0.1, 0.15) is 5.76 Å². The van der Waals surface area contributed by atoms with Gasteiger partial charge in [0.05, 0.1) is 6.54 Å². The third-order valence-electron chi connectivity index (χ3n) is 2.91. The molecule has 1 heterocycles. The summed E-state index contributed by atoms with van der Waals surface area (Å²) in [4.78, 5) is 2.37. The van der Waals surface area contributed by atoms with Crippen LogP contribution in [0.3, 0.4) is 0 Å². The van der Waals surface area contributed by atoms with Crippen molar-refractivity contribution in [2.75, 3.05) is 20.1 Å². The van der Waals surface area contributed by atoms with Crippen LogP contribution in [0.2, 0.25) is 0 Å². The van der Waals surface area contributed by atoms with Gasteiger partial charge < -0.3 is 14.6 Å². The molecule has 3 nitrogen and oxygen atoms in total. The fourth-order valence-corrected chi connectivity index (χ4v) is 1.91. The van der Waals surface area contributed by atoms with E-state index in [0.717, 1.165) is 29.2 Å². The first-order chi connectivity index (χ1) is 7.63. The van der Waals surface area contributed by atoms with Crippen molar-refractivity contribution in [3.63, 3.8) is 0 Å². The van der Waals surface area contributed by atoms with Gasteiger partial charge >= 0.3 is 0 Å². The summed E-state index contributed by atoms with van der Waals surface area (Å²) in [6.45, 7) is 7.37. The fourth-order valence-electron chi connectivity index (χ4n) is 1.45. The van der Waals surface area contributed by atoms with Crippen LogP contribution >= 0.6 is 22.6 Å². The lowest BCUT2D eigenvalue weighted by Crippen LogP contribution is -2.34. The van der Waals surface area contributed by atoms with Crippen molar-refractivity contribution in [2.45, 2.75) is 32.9 Å². The van der Waals surface area contributed by atoms with E-state index in [9.17, 15) is 0 Å². The van der Waals surface area contributed by atoms with E-state index in [2.05, 4.69) is 53.7 Å². The van der Waals surface area contributed by atoms with Gasteiger partial charge in [0.2, 0.25) is 0 Å². The Kier molecular flexibility index (Phi) is 6.38. The molecule has 0 saturated carbocycles. The summed E-state index contributed by atoms with van der Waals surface area (Å²) in [7, 11) is 2.17. The average Bonchev–Trinajstić information content (AvgIpc) is 2.69. The van der Waals surface area contributed by atoms with E-state index in [4.69, 9.17) is 4.42 Å². The standard InChI is InChI=1S/C12H21IN2O/c1-4-10(2)15(3)8-7-14-9-11-5-6-12(13)16-11/h5-6,10,14H,4,7-9H2,1-3H3. The van der Waals surface area contributed by atoms with E-state index in [1.807, 2.05) is 12.1 Å². The second kappa shape index (κ2) is 7.29. The van der Waals surface area contributed by atoms with E-state index >= 15 is 0 Å². The molecule has 4 heteroatoms. The Morgan fingerprint density at radius 1 is 1.50 bits per heavy atom. The van der Waals surface area contributed by atoms with E-state index in [-0.39, 0.29) is 0 Å². The van der Waals surface area contributed by atoms with E-state index in [1.165, 1.54) is 6.42 Å². The van der Waals surface area contributed by atoms with Crippen molar-refractivity contribution < 1.29 is 4.42 Å². The smallest absolute Gasteiger partial charge is 0.164 e. The molecular formula is C12H21IN2O. The van der Waals surface area contributed by atoms with Gasteiger partial charge in [0.25, 0.3) is 0 Å². The third-order valence-corrected chi connectivity index (χ3v) is 3.49. The molecule has 1 aromatic heterocycles. The lowest BCUT2D eigenvalue weighted by molar-refractivity contribution is 0.250. The SMILES string of the molecule is CCC(C)N(C)CCNCc1ccc(I)o1. The Bertz CT molecular complexity index is 301. The molecule has 0 aliphatic heterocycles. The van der Waals surface area contributed by atoms with Gasteiger partial charge in [-0.05, 0) is 55.1 Å². The zero-order chi connectivity index (χ0) is 12.0. The fraction of sp³-hybridized carbons (Fsp3) is 0.667. The number of likely N-dealkylation sites (N-methyl/N-ethyl adjacent to an activating group) is 1. The van der Waals surface area contributed by atoms with Crippen LogP contribution in [0.15, 0.2) is 16.5 Å². The molecule has 0 aromatic carbocycles. The van der Waals surface area contributed by atoms with Gasteiger partial charge in [-0.3, -0.25) is 0 Å². The molecule has 1 unspecified atom stereocenters. The second-order valence-electron chi connectivity index (χ2n) is 4.12. The molecule has 0 bridgehead atoms. The molecular weight excluding hydrogens is 315 g/mol. The highest BCUT2D eigenvalue weighted by molar-refractivity contribution is 14.1. The monoisotopic (exact) mass is 336 g/mol. The summed E-state index contributed by atoms with van der Waals surface area (Å²) < 4.78 is 6.42. The zero-order valence-corrected chi connectivity index (χ0v) is 12.5. The van der Waals surface area contributed by atoms with Crippen LogP contribution in [0.4, 0.5) is 0 Å². The molecule has 1 aromatic rings. The maximum absolute atomic E-state index is 5.47. The Morgan fingerprint density at radius 2 is 2.25 bits per heavy atom. The quantitative estimate of drug-likeness (QED) is 0.613. The number of nitrogens with one attached hydrogen (secondary N) is 1. The highest BCUT2D eigenvalue weighted by atomic mass is 127. The lowest BCUT2D eigenvalue weighted by atomic mass is 10.2. The van der Waals surface area contributed by atoms with Gasteiger partial charge in [0.15, 0.2) is 3.77 Å². The predicted octanol–water partition coefficient (Wildman–Crippen LogP) is 2.70. The van der Waals surface area contributed by atoms with Crippen LogP contribution in [-0.4, -0.2) is 31.1 Å². The molecule has 1 rings (SSSR count). The lowest BCUT2D eigenvalue weighted by Gasteiger charge is -2.23. The Hall–Kier alpha value is -0.0700. The van der Waals surface area contributed by atoms with Crippen molar-refractivity contribution in [1.29, 1.82) is 0 Å². The minimum absolute atomic E-state index is 0.659. The number of hydrogen-bond acceptors (Lipinski definition) is 3. The normalized spacial score (nSPS) is 13.3. The van der Waals surface area contributed by atoms with Gasteiger partial charge in [-0.2, -0.15) is 0 Å². The molecule has 0 spiro atoms. The van der Waals surface area contributed by atoms with E-state index < -0.39 is 0 Å². The minimum atomic E-state index is 0.659. The third kappa shape index (κ3) is 4.84. The van der Waals surface area contributed by atoms with Crippen molar-refractivity contribution in [3.8, 4) is 0 Å². The average molecular weight is 336 g/mol. The minimum Gasteiger partial charge on any atom is -0.454 e. The molecule has 0 saturated heterocycles. The topological polar surface area (TPSA) is 28.4 Å². The summed E-state index contributed by atoms with van der Waals surface area (Å²) in [5, 5.41) is 3.39. The van der Waals surface area contributed by atoms with Gasteiger partial charge in [-0.25, -0.2) is 0 Å². The summed E-state index contributed by atoms with van der Waals surface area (Å²) in [6, 6.07) is 4.67. The van der Waals surface area contributed by atoms with E-state index in [1.54, 1.807) is 0 Å². The van der Waals surface area contributed by atoms with Crippen LogP contribution in [0, 0.1) is 3.77 Å². The maximum Gasteiger partial charge on any atom is 0.164 e. The Balaban J connectivity index is 2.12. The number of furan rings is 1. The first-order valence-corrected chi connectivity index (χ1v) is 6.86. The number of nitrogens with zero attached hydrogens (tertiary/aromatic N) is 1. The molecule has 16 heavy (non-hydrogen) atoms. The predicted molar refractivity (Wildman–Crippen MR) is 75.5 cm³/mol. The number of rotatable bonds is 7. The van der Waals surface area contributed by atoms with Crippen LogP contribution in [0.5, 0.6) is 0 Å². The highest BCUT2D eigenvalue weighted by Gasteiger charge is 2.05. The molecule has 0 fully saturated rings. The van der Waals surface area contributed by atoms with Crippen molar-refractivity contribution in [1.82, 2.24) is 10.2 Å². The number of halogens is 1. The van der Waals surface area contributed by atoms with Crippen LogP contribution < -0.4 is 5.32 Å². The van der Waals surface area contributed by atoms with Crippen molar-refractivity contribution >= 4 is 22.6 Å². The molecule has 0 aliphatic rings. The zero-order valence-electron chi connectivity index (χ0n) is 10.3. The molecule has 0 amide bonds. The first-order valence-electron chi connectivity index (χ1n) is 5.78. The molecule has 1 atom stereocenters. The largest absolute Gasteiger partial charge is 0.454 e. The molecule has 92 valence electrons. The van der Waals surface area contributed by atoms with E-state index in [0.29, 0.717) is 6.04 Å². The maximum atomic E-state index is 5.47. The molecule has 0 aliphatic carbocycles. The molecule has 1 N–H and O–H groups in total. The summed E-state index contributed by atoms with van der Waals surface area (Å²) in [6.07, 6.45) is 1.20. The first kappa shape index (κ1) is 14.0. The van der Waals surface area contributed by atoms with Crippen molar-refractivity contribution in [3.05, 3.63) is 21.7 Å². The summed E-state index contributed by atoms with van der Waals surface area (Å²) >= 11 is 2.18. The molecule has 0 radical (unpaired) electrons. The summed E-state index contributed by atoms with van der Waals surface area (Å²) in [5.41, 5.74) is 0.